The van der Waals surface area contributed by atoms with Gasteiger partial charge in [0.2, 0.25) is 0 Å². The third-order valence-electron chi connectivity index (χ3n) is 2.71. The summed E-state index contributed by atoms with van der Waals surface area (Å²) in [5, 5.41) is -0.0419. The van der Waals surface area contributed by atoms with Crippen molar-refractivity contribution in [3.63, 3.8) is 0 Å². The average Bonchev–Trinajstić information content (AvgIpc) is 2.93. The number of sulfonamides is 1. The van der Waals surface area contributed by atoms with Crippen LogP contribution in [0.4, 0.5) is 0 Å². The fourth-order valence-electron chi connectivity index (χ4n) is 1.62. The maximum Gasteiger partial charge on any atom is 0.321 e. The summed E-state index contributed by atoms with van der Waals surface area (Å²) in [4.78, 5) is 18.3. The summed E-state index contributed by atoms with van der Waals surface area (Å²) < 4.78 is 35.7. The predicted octanol–water partition coefficient (Wildman–Crippen LogP) is 0.172. The summed E-state index contributed by atoms with van der Waals surface area (Å²) in [5.41, 5.74) is 0. The van der Waals surface area contributed by atoms with Crippen molar-refractivity contribution in [2.75, 3.05) is 33.4 Å². The summed E-state index contributed by atoms with van der Waals surface area (Å²) >= 11 is 0. The Hall–Kier alpha value is -1.45. The zero-order valence-corrected chi connectivity index (χ0v) is 13.3. The van der Waals surface area contributed by atoms with E-state index in [1.54, 1.807) is 6.92 Å². The van der Waals surface area contributed by atoms with Gasteiger partial charge in [0.25, 0.3) is 10.0 Å². The van der Waals surface area contributed by atoms with Gasteiger partial charge in [-0.2, -0.15) is 4.31 Å². The molecule has 0 atom stereocenters. The van der Waals surface area contributed by atoms with Crippen molar-refractivity contribution in [3.8, 4) is 0 Å². The molecular formula is C12H21N3O5S. The molecule has 0 spiro atoms. The number of aromatic nitrogens is 2. The van der Waals surface area contributed by atoms with Gasteiger partial charge in [0.15, 0.2) is 5.03 Å². The normalized spacial score (nSPS) is 11.8. The highest BCUT2D eigenvalue weighted by Gasteiger charge is 2.28. The molecule has 8 nitrogen and oxygen atoms in total. The van der Waals surface area contributed by atoms with E-state index in [0.717, 1.165) is 4.31 Å². The number of esters is 1. The van der Waals surface area contributed by atoms with Crippen molar-refractivity contribution < 1.29 is 22.7 Å². The van der Waals surface area contributed by atoms with E-state index in [1.807, 2.05) is 6.92 Å². The molecule has 1 N–H and O–H groups in total. The van der Waals surface area contributed by atoms with E-state index in [0.29, 0.717) is 12.2 Å². The molecular weight excluding hydrogens is 298 g/mol. The number of imidazole rings is 1. The second-order valence-electron chi connectivity index (χ2n) is 4.18. The van der Waals surface area contributed by atoms with Gasteiger partial charge in [0.1, 0.15) is 12.4 Å². The van der Waals surface area contributed by atoms with Gasteiger partial charge < -0.3 is 14.5 Å². The molecule has 1 aromatic rings. The van der Waals surface area contributed by atoms with Gasteiger partial charge in [-0.25, -0.2) is 13.4 Å². The highest BCUT2D eigenvalue weighted by molar-refractivity contribution is 7.89. The van der Waals surface area contributed by atoms with Crippen LogP contribution in [0.2, 0.25) is 0 Å². The minimum Gasteiger partial charge on any atom is -0.465 e. The molecule has 0 bridgehead atoms. The van der Waals surface area contributed by atoms with Gasteiger partial charge in [-0.3, -0.25) is 4.79 Å². The summed E-state index contributed by atoms with van der Waals surface area (Å²) in [6, 6.07) is 0. The molecule has 0 unspecified atom stereocenters. The number of aryl methyl sites for hydroxylation is 1. The molecule has 0 saturated heterocycles. The second-order valence-corrected chi connectivity index (χ2v) is 6.09. The number of nitrogens with one attached hydrogen (secondary N) is 1. The maximum atomic E-state index is 12.5. The van der Waals surface area contributed by atoms with Gasteiger partial charge >= 0.3 is 5.97 Å². The molecule has 1 rings (SSSR count). The third kappa shape index (κ3) is 4.80. The number of methoxy groups -OCH3 is 1. The smallest absolute Gasteiger partial charge is 0.321 e. The Bertz CT molecular complexity index is 555. The highest BCUT2D eigenvalue weighted by atomic mass is 32.2. The first-order valence-corrected chi connectivity index (χ1v) is 8.08. The first-order chi connectivity index (χ1) is 9.95. The van der Waals surface area contributed by atoms with Crippen molar-refractivity contribution in [1.82, 2.24) is 14.3 Å². The van der Waals surface area contributed by atoms with E-state index in [9.17, 15) is 13.2 Å². The van der Waals surface area contributed by atoms with Crippen LogP contribution in [0.3, 0.4) is 0 Å². The summed E-state index contributed by atoms with van der Waals surface area (Å²) in [5.74, 6) is -0.0381. The fourth-order valence-corrected chi connectivity index (χ4v) is 2.92. The van der Waals surface area contributed by atoms with E-state index in [-0.39, 0.29) is 31.3 Å². The van der Waals surface area contributed by atoms with Crippen LogP contribution >= 0.6 is 0 Å². The van der Waals surface area contributed by atoms with E-state index >= 15 is 0 Å². The second kappa shape index (κ2) is 8.11. The molecule has 0 amide bonds. The van der Waals surface area contributed by atoms with Crippen molar-refractivity contribution in [1.29, 1.82) is 0 Å². The lowest BCUT2D eigenvalue weighted by atomic mass is 10.5. The number of H-pyrrole nitrogens is 1. The maximum absolute atomic E-state index is 12.5. The van der Waals surface area contributed by atoms with E-state index in [2.05, 4.69) is 9.97 Å². The Morgan fingerprint density at radius 3 is 2.67 bits per heavy atom. The van der Waals surface area contributed by atoms with Crippen LogP contribution in [-0.4, -0.2) is 62.1 Å². The molecule has 0 fully saturated rings. The lowest BCUT2D eigenvalue weighted by Crippen LogP contribution is -2.38. The molecule has 21 heavy (non-hydrogen) atoms. The standard InChI is InChI=1S/C12H21N3O5S/c1-4-10-13-8-11(14-10)21(17,18)15(6-7-19-3)9-12(16)20-5-2/h8H,4-7,9H2,1-3H3,(H,13,14). The number of nitrogens with zero attached hydrogens (tertiary/aromatic N) is 2. The van der Waals surface area contributed by atoms with Crippen molar-refractivity contribution >= 4 is 16.0 Å². The van der Waals surface area contributed by atoms with E-state index in [4.69, 9.17) is 9.47 Å². The van der Waals surface area contributed by atoms with Crippen LogP contribution < -0.4 is 0 Å². The largest absolute Gasteiger partial charge is 0.465 e. The summed E-state index contributed by atoms with van der Waals surface area (Å²) in [6.07, 6.45) is 1.84. The molecule has 0 aromatic carbocycles. The first-order valence-electron chi connectivity index (χ1n) is 6.64. The van der Waals surface area contributed by atoms with Crippen molar-refractivity contribution in [2.24, 2.45) is 0 Å². The molecule has 1 aromatic heterocycles. The SMILES string of the molecule is CCOC(=O)CN(CCOC)S(=O)(=O)c1cnc(CC)[nH]1. The zero-order valence-electron chi connectivity index (χ0n) is 12.5. The number of aromatic amines is 1. The number of hydrogen-bond acceptors (Lipinski definition) is 6. The minimum atomic E-state index is -3.84. The van der Waals surface area contributed by atoms with Crippen LogP contribution in [0.25, 0.3) is 0 Å². The van der Waals surface area contributed by atoms with Crippen LogP contribution in [0.5, 0.6) is 0 Å². The Morgan fingerprint density at radius 1 is 1.43 bits per heavy atom. The molecule has 9 heteroatoms. The van der Waals surface area contributed by atoms with Crippen molar-refractivity contribution in [2.45, 2.75) is 25.3 Å². The Morgan fingerprint density at radius 2 is 2.14 bits per heavy atom. The van der Waals surface area contributed by atoms with Crippen LogP contribution in [-0.2, 0) is 30.7 Å². The monoisotopic (exact) mass is 319 g/mol. The quantitative estimate of drug-likeness (QED) is 0.651. The number of carbonyl (C=O) groups is 1. The fraction of sp³-hybridized carbons (Fsp3) is 0.667. The molecule has 0 aliphatic rings. The van der Waals surface area contributed by atoms with Gasteiger partial charge in [-0.1, -0.05) is 6.92 Å². The number of hydrogen-bond donors (Lipinski definition) is 1. The molecule has 1 heterocycles. The number of ether oxygens (including phenoxy) is 2. The van der Waals surface area contributed by atoms with Crippen molar-refractivity contribution in [3.05, 3.63) is 12.0 Å². The summed E-state index contributed by atoms with van der Waals surface area (Å²) in [7, 11) is -2.38. The first kappa shape index (κ1) is 17.6. The lowest BCUT2D eigenvalue weighted by Gasteiger charge is -2.19. The van der Waals surface area contributed by atoms with Gasteiger partial charge in [-0.05, 0) is 6.92 Å². The lowest BCUT2D eigenvalue weighted by molar-refractivity contribution is -0.143. The minimum absolute atomic E-state index is 0.0419. The topological polar surface area (TPSA) is 102 Å². The highest BCUT2D eigenvalue weighted by Crippen LogP contribution is 2.13. The van der Waals surface area contributed by atoms with Crippen LogP contribution in [0.1, 0.15) is 19.7 Å². The molecule has 0 aliphatic carbocycles. The van der Waals surface area contributed by atoms with Crippen LogP contribution in [0.15, 0.2) is 11.2 Å². The molecule has 0 aliphatic heterocycles. The number of carbonyl (C=O) groups excluding carboxylic acids is 1. The number of rotatable bonds is 9. The van der Waals surface area contributed by atoms with Gasteiger partial charge in [0, 0.05) is 20.1 Å². The zero-order chi connectivity index (χ0) is 15.9. The van der Waals surface area contributed by atoms with E-state index in [1.165, 1.54) is 13.3 Å². The molecule has 0 radical (unpaired) electrons. The average molecular weight is 319 g/mol. The van der Waals surface area contributed by atoms with Gasteiger partial charge in [0.05, 0.1) is 19.4 Å². The Labute approximate surface area is 124 Å². The van der Waals surface area contributed by atoms with Crippen LogP contribution in [0, 0.1) is 0 Å². The summed E-state index contributed by atoms with van der Waals surface area (Å²) in [6.45, 7) is 3.58. The van der Waals surface area contributed by atoms with E-state index < -0.39 is 16.0 Å². The Kier molecular flexibility index (Phi) is 6.79. The third-order valence-corrected chi connectivity index (χ3v) is 4.47. The van der Waals surface area contributed by atoms with Gasteiger partial charge in [-0.15, -0.1) is 0 Å². The molecule has 120 valence electrons. The molecule has 0 saturated carbocycles. The predicted molar refractivity (Wildman–Crippen MR) is 75.2 cm³/mol. The Balaban J connectivity index is 2.96.